The highest BCUT2D eigenvalue weighted by Gasteiger charge is 2.25. The molecule has 3 amide bonds. The van der Waals surface area contributed by atoms with Crippen molar-refractivity contribution in [1.82, 2.24) is 10.6 Å². The van der Waals surface area contributed by atoms with Crippen LogP contribution in [0.15, 0.2) is 36.4 Å². The maximum atomic E-state index is 13.9. The third kappa shape index (κ3) is 7.98. The van der Waals surface area contributed by atoms with Crippen molar-refractivity contribution in [3.8, 4) is 0 Å². The summed E-state index contributed by atoms with van der Waals surface area (Å²) in [4.78, 5) is 46.8. The molecule has 0 aliphatic rings. The van der Waals surface area contributed by atoms with E-state index in [4.69, 9.17) is 10.5 Å². The Kier molecular flexibility index (Phi) is 9.35. The summed E-state index contributed by atoms with van der Waals surface area (Å²) in [7, 11) is 0. The van der Waals surface area contributed by atoms with Gasteiger partial charge in [0.2, 0.25) is 17.7 Å². The quantitative estimate of drug-likeness (QED) is 0.390. The molecular weight excluding hydrogens is 369 g/mol. The van der Waals surface area contributed by atoms with Gasteiger partial charge in [0, 0.05) is 19.4 Å². The van der Waals surface area contributed by atoms with Crippen molar-refractivity contribution >= 4 is 23.7 Å². The number of nitrogens with one attached hydrogen (secondary N) is 2. The van der Waals surface area contributed by atoms with Crippen LogP contribution in [0.4, 0.5) is 4.39 Å². The van der Waals surface area contributed by atoms with Crippen molar-refractivity contribution < 1.29 is 28.3 Å². The van der Waals surface area contributed by atoms with E-state index in [2.05, 4.69) is 10.6 Å². The van der Waals surface area contributed by atoms with Crippen LogP contribution in [0, 0.1) is 5.82 Å². The molecule has 0 saturated carbocycles. The zero-order valence-corrected chi connectivity index (χ0v) is 15.7. The molecular formula is C19H24FN3O5. The topological polar surface area (TPSA) is 128 Å². The van der Waals surface area contributed by atoms with E-state index in [0.29, 0.717) is 0 Å². The molecule has 0 spiro atoms. The van der Waals surface area contributed by atoms with Crippen LogP contribution >= 0.6 is 0 Å². The highest BCUT2D eigenvalue weighted by molar-refractivity contribution is 5.91. The fourth-order valence-corrected chi connectivity index (χ4v) is 2.35. The molecule has 1 aromatic rings. The lowest BCUT2D eigenvalue weighted by Gasteiger charge is -2.21. The number of carbonyl (C=O) groups is 4. The first-order chi connectivity index (χ1) is 13.2. The van der Waals surface area contributed by atoms with E-state index in [1.807, 2.05) is 0 Å². The van der Waals surface area contributed by atoms with Crippen LogP contribution in [0.1, 0.15) is 25.8 Å². The van der Waals surface area contributed by atoms with Gasteiger partial charge in [0.15, 0.2) is 0 Å². The van der Waals surface area contributed by atoms with Crippen LogP contribution in [-0.4, -0.2) is 42.4 Å². The summed E-state index contributed by atoms with van der Waals surface area (Å²) in [6.07, 6.45) is 2.31. The molecule has 0 aliphatic heterocycles. The van der Waals surface area contributed by atoms with Gasteiger partial charge < -0.3 is 21.1 Å². The summed E-state index contributed by atoms with van der Waals surface area (Å²) < 4.78 is 18.6. The molecule has 4 N–H and O–H groups in total. The Morgan fingerprint density at radius 1 is 1.18 bits per heavy atom. The second-order valence-electron chi connectivity index (χ2n) is 5.90. The number of benzene rings is 1. The highest BCUT2D eigenvalue weighted by atomic mass is 19.1. The van der Waals surface area contributed by atoms with Gasteiger partial charge in [-0.1, -0.05) is 24.3 Å². The number of carbonyl (C=O) groups excluding carboxylic acids is 4. The number of hydrogen-bond donors (Lipinski definition) is 3. The average molecular weight is 393 g/mol. The van der Waals surface area contributed by atoms with Gasteiger partial charge in [-0.05, 0) is 25.0 Å². The number of rotatable bonds is 10. The van der Waals surface area contributed by atoms with Crippen molar-refractivity contribution in [3.63, 3.8) is 0 Å². The monoisotopic (exact) mass is 393 g/mol. The SMILES string of the molecule is CCOC(=O)/C=C/C[C@H](NC(=O)[C@H](Cc1ccccc1F)NC(C)=O)C(N)=O. The van der Waals surface area contributed by atoms with Gasteiger partial charge in [0.05, 0.1) is 6.61 Å². The largest absolute Gasteiger partial charge is 0.463 e. The number of amides is 3. The van der Waals surface area contributed by atoms with E-state index < -0.39 is 41.6 Å². The lowest BCUT2D eigenvalue weighted by molar-refractivity contribution is -0.137. The van der Waals surface area contributed by atoms with Gasteiger partial charge >= 0.3 is 5.97 Å². The van der Waals surface area contributed by atoms with Crippen LogP contribution in [0.5, 0.6) is 0 Å². The molecule has 0 aromatic heterocycles. The third-order valence-electron chi connectivity index (χ3n) is 3.65. The molecule has 0 unspecified atom stereocenters. The van der Waals surface area contributed by atoms with Crippen LogP contribution in [0.3, 0.4) is 0 Å². The Balaban J connectivity index is 2.84. The zero-order chi connectivity index (χ0) is 21.1. The zero-order valence-electron chi connectivity index (χ0n) is 15.7. The van der Waals surface area contributed by atoms with Crippen molar-refractivity contribution in [1.29, 1.82) is 0 Å². The molecule has 152 valence electrons. The average Bonchev–Trinajstić information content (AvgIpc) is 2.61. The van der Waals surface area contributed by atoms with E-state index in [-0.39, 0.29) is 25.0 Å². The third-order valence-corrected chi connectivity index (χ3v) is 3.65. The minimum Gasteiger partial charge on any atom is -0.463 e. The van der Waals surface area contributed by atoms with E-state index in [9.17, 15) is 23.6 Å². The maximum Gasteiger partial charge on any atom is 0.330 e. The number of ether oxygens (including phenoxy) is 1. The Labute approximate surface area is 162 Å². The van der Waals surface area contributed by atoms with Gasteiger partial charge in [-0.3, -0.25) is 14.4 Å². The van der Waals surface area contributed by atoms with Gasteiger partial charge in [0.1, 0.15) is 17.9 Å². The molecule has 0 saturated heterocycles. The summed E-state index contributed by atoms with van der Waals surface area (Å²) in [5.74, 6) is -3.13. The van der Waals surface area contributed by atoms with Crippen molar-refractivity contribution in [2.24, 2.45) is 5.73 Å². The van der Waals surface area contributed by atoms with E-state index in [1.54, 1.807) is 13.0 Å². The van der Waals surface area contributed by atoms with E-state index in [0.717, 1.165) is 6.08 Å². The summed E-state index contributed by atoms with van der Waals surface area (Å²) >= 11 is 0. The lowest BCUT2D eigenvalue weighted by atomic mass is 10.0. The second kappa shape index (κ2) is 11.5. The van der Waals surface area contributed by atoms with Gasteiger partial charge in [-0.25, -0.2) is 9.18 Å². The normalized spacial score (nSPS) is 12.8. The molecule has 1 aromatic carbocycles. The molecule has 0 fully saturated rings. The van der Waals surface area contributed by atoms with Crippen LogP contribution < -0.4 is 16.4 Å². The predicted octanol–water partition coefficient (Wildman–Crippen LogP) is 0.352. The Morgan fingerprint density at radius 3 is 2.43 bits per heavy atom. The number of nitrogens with two attached hydrogens (primary N) is 1. The minimum absolute atomic E-state index is 0.0492. The van der Waals surface area contributed by atoms with Crippen molar-refractivity contribution in [2.75, 3.05) is 6.61 Å². The van der Waals surface area contributed by atoms with E-state index in [1.165, 1.54) is 31.2 Å². The summed E-state index contributed by atoms with van der Waals surface area (Å²) in [5, 5.41) is 4.84. The molecule has 0 bridgehead atoms. The maximum absolute atomic E-state index is 13.9. The number of primary amides is 1. The first kappa shape index (κ1) is 22.8. The number of esters is 1. The van der Waals surface area contributed by atoms with Gasteiger partial charge in [-0.2, -0.15) is 0 Å². The summed E-state index contributed by atoms with van der Waals surface area (Å²) in [6, 6.07) is 3.62. The lowest BCUT2D eigenvalue weighted by Crippen LogP contribution is -2.53. The van der Waals surface area contributed by atoms with Crippen LogP contribution in [0.25, 0.3) is 0 Å². The molecule has 0 heterocycles. The molecule has 1 rings (SSSR count). The summed E-state index contributed by atoms with van der Waals surface area (Å²) in [6.45, 7) is 3.07. The molecule has 2 atom stereocenters. The second-order valence-corrected chi connectivity index (χ2v) is 5.90. The standard InChI is InChI=1S/C19H24FN3O5/c1-3-28-17(25)10-6-9-15(18(21)26)23-19(27)16(22-12(2)24)11-13-7-4-5-8-14(13)20/h4-8,10,15-16H,3,9,11H2,1-2H3,(H2,21,26)(H,22,24)(H,23,27)/b10-6+/t15-,16-/m0/s1. The number of halogens is 1. The highest BCUT2D eigenvalue weighted by Crippen LogP contribution is 2.10. The van der Waals surface area contributed by atoms with Crippen LogP contribution in [-0.2, 0) is 30.3 Å². The molecule has 28 heavy (non-hydrogen) atoms. The predicted molar refractivity (Wildman–Crippen MR) is 99.2 cm³/mol. The smallest absolute Gasteiger partial charge is 0.330 e. The van der Waals surface area contributed by atoms with E-state index >= 15 is 0 Å². The fourth-order valence-electron chi connectivity index (χ4n) is 2.35. The van der Waals surface area contributed by atoms with Gasteiger partial charge in [-0.15, -0.1) is 0 Å². The fraction of sp³-hybridized carbons (Fsp3) is 0.368. The Morgan fingerprint density at radius 2 is 1.86 bits per heavy atom. The summed E-state index contributed by atoms with van der Waals surface area (Å²) in [5.41, 5.74) is 5.52. The molecule has 0 radical (unpaired) electrons. The Hall–Kier alpha value is -3.23. The molecule has 8 nitrogen and oxygen atoms in total. The van der Waals surface area contributed by atoms with Crippen molar-refractivity contribution in [2.45, 2.75) is 38.8 Å². The van der Waals surface area contributed by atoms with Gasteiger partial charge in [0.25, 0.3) is 0 Å². The molecule has 0 aliphatic carbocycles. The van der Waals surface area contributed by atoms with Crippen molar-refractivity contribution in [3.05, 3.63) is 47.8 Å². The Bertz CT molecular complexity index is 751. The molecule has 9 heteroatoms. The minimum atomic E-state index is -1.12. The number of hydrogen-bond acceptors (Lipinski definition) is 5. The first-order valence-corrected chi connectivity index (χ1v) is 8.68. The first-order valence-electron chi connectivity index (χ1n) is 8.68. The van der Waals surface area contributed by atoms with Crippen LogP contribution in [0.2, 0.25) is 0 Å².